The van der Waals surface area contributed by atoms with Gasteiger partial charge in [-0.1, -0.05) is 0 Å². The van der Waals surface area contributed by atoms with Crippen LogP contribution in [0.5, 0.6) is 0 Å². The summed E-state index contributed by atoms with van der Waals surface area (Å²) < 4.78 is 4.92. The minimum atomic E-state index is -1.55. The molecule has 0 radical (unpaired) electrons. The fourth-order valence-corrected chi connectivity index (χ4v) is 0.832. The predicted octanol–water partition coefficient (Wildman–Crippen LogP) is 0.183. The van der Waals surface area contributed by atoms with Crippen molar-refractivity contribution in [3.8, 4) is 0 Å². The maximum Gasteiger partial charge on any atom is 0.328 e. The number of carboxylic acid groups (broad SMARTS) is 1. The second-order valence-corrected chi connectivity index (χ2v) is 2.59. The molecule has 3 N–H and O–H groups in total. The summed E-state index contributed by atoms with van der Waals surface area (Å²) in [5, 5.41) is 8.43. The topological polar surface area (TPSA) is 93.5 Å². The van der Waals surface area contributed by atoms with E-state index in [2.05, 4.69) is 0 Å². The normalized spacial score (nSPS) is 12.5. The van der Waals surface area contributed by atoms with Crippen LogP contribution in [0, 0.1) is 6.92 Å². The number of Topliss-reactive ketones (excluding diaryl/α,β-unsaturated/α-hetero) is 1. The Morgan fingerprint density at radius 3 is 2.54 bits per heavy atom. The van der Waals surface area contributed by atoms with E-state index >= 15 is 0 Å². The molecule has 1 unspecified atom stereocenters. The molecule has 1 atom stereocenters. The molecule has 1 rings (SSSR count). The highest BCUT2D eigenvalue weighted by Gasteiger charge is 2.24. The fraction of sp³-hybridized carbons (Fsp3) is 0.250. The van der Waals surface area contributed by atoms with E-state index < -0.39 is 17.8 Å². The van der Waals surface area contributed by atoms with Crippen molar-refractivity contribution in [1.29, 1.82) is 0 Å². The summed E-state index contributed by atoms with van der Waals surface area (Å²) in [5.41, 5.74) is 5.09. The lowest BCUT2D eigenvalue weighted by atomic mass is 10.1. The Morgan fingerprint density at radius 2 is 2.15 bits per heavy atom. The van der Waals surface area contributed by atoms with E-state index in [1.54, 1.807) is 13.0 Å². The Labute approximate surface area is 74.1 Å². The minimum Gasteiger partial charge on any atom is -0.480 e. The number of rotatable bonds is 3. The van der Waals surface area contributed by atoms with Gasteiger partial charge in [0.2, 0.25) is 5.78 Å². The van der Waals surface area contributed by atoms with Crippen LogP contribution in [0.3, 0.4) is 0 Å². The highest BCUT2D eigenvalue weighted by molar-refractivity contribution is 6.09. The average Bonchev–Trinajstić information content (AvgIpc) is 2.49. The van der Waals surface area contributed by atoms with E-state index in [-0.39, 0.29) is 5.76 Å². The molecule has 0 aliphatic rings. The van der Waals surface area contributed by atoms with E-state index in [4.69, 9.17) is 15.3 Å². The van der Waals surface area contributed by atoms with E-state index in [1.165, 1.54) is 6.07 Å². The summed E-state index contributed by atoms with van der Waals surface area (Å²) in [6.45, 7) is 1.66. The zero-order valence-electron chi connectivity index (χ0n) is 6.98. The molecular formula is C8H9NO4. The first-order valence-electron chi connectivity index (χ1n) is 3.61. The van der Waals surface area contributed by atoms with E-state index in [0.29, 0.717) is 5.76 Å². The molecule has 0 saturated heterocycles. The summed E-state index contributed by atoms with van der Waals surface area (Å²) in [4.78, 5) is 21.5. The summed E-state index contributed by atoms with van der Waals surface area (Å²) in [5.74, 6) is -1.56. The maximum atomic E-state index is 11.2. The van der Waals surface area contributed by atoms with E-state index in [1.807, 2.05) is 0 Å². The molecule has 0 amide bonds. The van der Waals surface area contributed by atoms with Crippen LogP contribution >= 0.6 is 0 Å². The molecule has 0 saturated carbocycles. The molecule has 0 spiro atoms. The highest BCUT2D eigenvalue weighted by atomic mass is 16.4. The molecule has 5 nitrogen and oxygen atoms in total. The molecule has 0 fully saturated rings. The van der Waals surface area contributed by atoms with Gasteiger partial charge in [0, 0.05) is 0 Å². The van der Waals surface area contributed by atoms with Crippen molar-refractivity contribution in [2.45, 2.75) is 13.0 Å². The Hall–Kier alpha value is -1.62. The number of ketones is 1. The van der Waals surface area contributed by atoms with Crippen molar-refractivity contribution in [2.75, 3.05) is 0 Å². The van der Waals surface area contributed by atoms with Crippen LogP contribution in [0.15, 0.2) is 16.5 Å². The Balaban J connectivity index is 2.85. The zero-order valence-corrected chi connectivity index (χ0v) is 6.98. The van der Waals surface area contributed by atoms with Crippen LogP contribution < -0.4 is 5.73 Å². The van der Waals surface area contributed by atoms with Gasteiger partial charge in [0.1, 0.15) is 5.76 Å². The second-order valence-electron chi connectivity index (χ2n) is 2.59. The molecular weight excluding hydrogens is 174 g/mol. The van der Waals surface area contributed by atoms with E-state index in [9.17, 15) is 9.59 Å². The predicted molar refractivity (Wildman–Crippen MR) is 43.4 cm³/mol. The molecule has 0 aromatic carbocycles. The standard InChI is InChI=1S/C8H9NO4/c1-4-2-3-5(13-4)7(10)6(9)8(11)12/h2-3,6H,9H2,1H3,(H,11,12). The van der Waals surface area contributed by atoms with Crippen LogP contribution in [0.4, 0.5) is 0 Å². The second kappa shape index (κ2) is 3.40. The number of carbonyl (C=O) groups is 2. The van der Waals surface area contributed by atoms with Gasteiger partial charge in [-0.3, -0.25) is 9.59 Å². The minimum absolute atomic E-state index is 0.0209. The summed E-state index contributed by atoms with van der Waals surface area (Å²) in [6.07, 6.45) is 0. The van der Waals surface area contributed by atoms with Gasteiger partial charge in [-0.25, -0.2) is 0 Å². The number of furan rings is 1. The van der Waals surface area contributed by atoms with Crippen molar-refractivity contribution in [1.82, 2.24) is 0 Å². The number of hydrogen-bond acceptors (Lipinski definition) is 4. The third kappa shape index (κ3) is 1.94. The van der Waals surface area contributed by atoms with Crippen LogP contribution in [0.25, 0.3) is 0 Å². The number of carbonyl (C=O) groups excluding carboxylic acids is 1. The van der Waals surface area contributed by atoms with Gasteiger partial charge in [0.05, 0.1) is 0 Å². The third-order valence-electron chi connectivity index (χ3n) is 1.53. The summed E-state index contributed by atoms with van der Waals surface area (Å²) in [7, 11) is 0. The third-order valence-corrected chi connectivity index (χ3v) is 1.53. The number of aryl methyl sites for hydroxylation is 1. The van der Waals surface area contributed by atoms with Crippen molar-refractivity contribution < 1.29 is 19.1 Å². The molecule has 70 valence electrons. The molecule has 1 aromatic rings. The van der Waals surface area contributed by atoms with Crippen molar-refractivity contribution in [2.24, 2.45) is 5.73 Å². The summed E-state index contributed by atoms with van der Waals surface area (Å²) >= 11 is 0. The lowest BCUT2D eigenvalue weighted by Gasteiger charge is -2.01. The molecule has 0 bridgehead atoms. The van der Waals surface area contributed by atoms with Crippen LogP contribution in [-0.4, -0.2) is 22.9 Å². The average molecular weight is 183 g/mol. The van der Waals surface area contributed by atoms with Gasteiger partial charge in [-0.05, 0) is 19.1 Å². The van der Waals surface area contributed by atoms with Gasteiger partial charge in [-0.2, -0.15) is 0 Å². The van der Waals surface area contributed by atoms with E-state index in [0.717, 1.165) is 0 Å². The van der Waals surface area contributed by atoms with Gasteiger partial charge < -0.3 is 15.3 Å². The van der Waals surface area contributed by atoms with Crippen molar-refractivity contribution in [3.05, 3.63) is 23.7 Å². The number of nitrogens with two attached hydrogens (primary N) is 1. The van der Waals surface area contributed by atoms with Crippen molar-refractivity contribution >= 4 is 11.8 Å². The highest BCUT2D eigenvalue weighted by Crippen LogP contribution is 2.08. The monoisotopic (exact) mass is 183 g/mol. The number of aliphatic carboxylic acids is 1. The van der Waals surface area contributed by atoms with Gasteiger partial charge in [-0.15, -0.1) is 0 Å². The SMILES string of the molecule is Cc1ccc(C(=O)C(N)C(=O)O)o1. The number of carboxylic acids is 1. The maximum absolute atomic E-state index is 11.2. The Morgan fingerprint density at radius 1 is 1.54 bits per heavy atom. The molecule has 1 heterocycles. The van der Waals surface area contributed by atoms with Gasteiger partial charge in [0.25, 0.3) is 0 Å². The Bertz CT molecular complexity index is 342. The first-order chi connectivity index (χ1) is 6.02. The van der Waals surface area contributed by atoms with Gasteiger partial charge >= 0.3 is 5.97 Å². The Kier molecular flexibility index (Phi) is 2.48. The first kappa shape index (κ1) is 9.47. The fourth-order valence-electron chi connectivity index (χ4n) is 0.832. The van der Waals surface area contributed by atoms with Crippen LogP contribution in [0.1, 0.15) is 16.3 Å². The molecule has 13 heavy (non-hydrogen) atoms. The van der Waals surface area contributed by atoms with Crippen molar-refractivity contribution in [3.63, 3.8) is 0 Å². The molecule has 0 aliphatic heterocycles. The summed E-state index contributed by atoms with van der Waals surface area (Å²) in [6, 6.07) is 1.42. The van der Waals surface area contributed by atoms with Crippen LogP contribution in [0.2, 0.25) is 0 Å². The first-order valence-corrected chi connectivity index (χ1v) is 3.61. The molecule has 1 aromatic heterocycles. The van der Waals surface area contributed by atoms with Gasteiger partial charge in [0.15, 0.2) is 11.8 Å². The largest absolute Gasteiger partial charge is 0.480 e. The lowest BCUT2D eigenvalue weighted by molar-refractivity contribution is -0.137. The van der Waals surface area contributed by atoms with Crippen LogP contribution in [-0.2, 0) is 4.79 Å². The molecule has 5 heteroatoms. The smallest absolute Gasteiger partial charge is 0.328 e. The molecule has 0 aliphatic carbocycles. The zero-order chi connectivity index (χ0) is 10.0. The lowest BCUT2D eigenvalue weighted by Crippen LogP contribution is -2.38. The quantitative estimate of drug-likeness (QED) is 0.515. The number of hydrogen-bond donors (Lipinski definition) is 2.